The normalized spacial score (nSPS) is 10.3. The maximum Gasteiger partial charge on any atom is 0.263 e. The Hall–Kier alpha value is -1.88. The van der Waals surface area contributed by atoms with Crippen LogP contribution in [0.5, 0.6) is 5.75 Å². The maximum atomic E-state index is 11.7. The monoisotopic (exact) mass is 276 g/mol. The van der Waals surface area contributed by atoms with E-state index in [2.05, 4.69) is 10.3 Å². The Morgan fingerprint density at radius 2 is 2.26 bits per heavy atom. The fourth-order valence-corrected chi connectivity index (χ4v) is 2.74. The van der Waals surface area contributed by atoms with Gasteiger partial charge in [-0.1, -0.05) is 12.1 Å². The van der Waals surface area contributed by atoms with Gasteiger partial charge in [0.05, 0.1) is 12.3 Å². The molecule has 0 unspecified atom stereocenters. The number of aromatic nitrogens is 1. The first-order valence-corrected chi connectivity index (χ1v) is 6.90. The lowest BCUT2D eigenvalue weighted by molar-refractivity contribution is 0.0966. The Morgan fingerprint density at radius 3 is 2.95 bits per heavy atom. The van der Waals surface area contributed by atoms with Crippen molar-refractivity contribution in [2.45, 2.75) is 13.8 Å². The minimum atomic E-state index is -0.0952. The van der Waals surface area contributed by atoms with Crippen molar-refractivity contribution in [1.29, 1.82) is 0 Å². The third-order valence-corrected chi connectivity index (χ3v) is 3.83. The zero-order valence-corrected chi connectivity index (χ0v) is 12.0. The summed E-state index contributed by atoms with van der Waals surface area (Å²) in [5, 5.41) is 3.46. The predicted octanol–water partition coefficient (Wildman–Crippen LogP) is 2.88. The number of nitrogens with one attached hydrogen (secondary N) is 1. The van der Waals surface area contributed by atoms with Gasteiger partial charge in [0, 0.05) is 12.6 Å². The number of hydrogen-bond donors (Lipinski definition) is 1. The predicted molar refractivity (Wildman–Crippen MR) is 76.8 cm³/mol. The number of rotatable bonds is 4. The summed E-state index contributed by atoms with van der Waals surface area (Å²) >= 11 is 1.39. The van der Waals surface area contributed by atoms with Gasteiger partial charge in [-0.25, -0.2) is 4.98 Å². The number of carbonyl (C=O) groups excluding carboxylic acids is 1. The summed E-state index contributed by atoms with van der Waals surface area (Å²) in [7, 11) is 1.62. The molecular formula is C14H16N2O2S. The lowest BCUT2D eigenvalue weighted by Crippen LogP contribution is -2.17. The number of amides is 1. The van der Waals surface area contributed by atoms with Gasteiger partial charge in [-0.2, -0.15) is 0 Å². The lowest BCUT2D eigenvalue weighted by atomic mass is 10.2. The maximum absolute atomic E-state index is 11.7. The molecule has 0 aliphatic heterocycles. The van der Waals surface area contributed by atoms with Crippen molar-refractivity contribution in [2.75, 3.05) is 13.7 Å². The van der Waals surface area contributed by atoms with E-state index in [1.807, 2.05) is 38.1 Å². The van der Waals surface area contributed by atoms with Crippen LogP contribution in [0.2, 0.25) is 0 Å². The van der Waals surface area contributed by atoms with E-state index >= 15 is 0 Å². The zero-order valence-electron chi connectivity index (χ0n) is 11.2. The number of benzene rings is 1. The van der Waals surface area contributed by atoms with E-state index < -0.39 is 0 Å². The Balaban J connectivity index is 2.36. The highest BCUT2D eigenvalue weighted by Gasteiger charge is 2.15. The SMILES string of the molecule is CCOc1cccc(-c2nc(C)c(C(=O)NC)s2)c1. The molecule has 4 nitrogen and oxygen atoms in total. The third-order valence-electron chi connectivity index (χ3n) is 2.62. The number of carbonyl (C=O) groups is 1. The molecule has 1 aromatic carbocycles. The van der Waals surface area contributed by atoms with Gasteiger partial charge in [-0.15, -0.1) is 11.3 Å². The van der Waals surface area contributed by atoms with Gasteiger partial charge in [0.2, 0.25) is 0 Å². The quantitative estimate of drug-likeness (QED) is 0.934. The highest BCUT2D eigenvalue weighted by molar-refractivity contribution is 7.17. The number of ether oxygens (including phenoxy) is 1. The molecule has 0 aliphatic carbocycles. The van der Waals surface area contributed by atoms with Crippen molar-refractivity contribution in [3.05, 3.63) is 34.8 Å². The van der Waals surface area contributed by atoms with Gasteiger partial charge in [0.15, 0.2) is 0 Å². The van der Waals surface area contributed by atoms with Crippen molar-refractivity contribution in [3.63, 3.8) is 0 Å². The van der Waals surface area contributed by atoms with Crippen LogP contribution in [0.1, 0.15) is 22.3 Å². The Kier molecular flexibility index (Phi) is 4.16. The van der Waals surface area contributed by atoms with E-state index in [4.69, 9.17) is 4.74 Å². The van der Waals surface area contributed by atoms with Gasteiger partial charge >= 0.3 is 0 Å². The van der Waals surface area contributed by atoms with E-state index in [0.717, 1.165) is 22.0 Å². The van der Waals surface area contributed by atoms with E-state index in [1.165, 1.54) is 11.3 Å². The average molecular weight is 276 g/mol. The molecule has 0 fully saturated rings. The molecule has 0 spiro atoms. The molecule has 1 heterocycles. The minimum absolute atomic E-state index is 0.0952. The van der Waals surface area contributed by atoms with E-state index in [-0.39, 0.29) is 5.91 Å². The van der Waals surface area contributed by atoms with E-state index in [9.17, 15) is 4.79 Å². The number of hydrogen-bond acceptors (Lipinski definition) is 4. The summed E-state index contributed by atoms with van der Waals surface area (Å²) in [4.78, 5) is 16.8. The first kappa shape index (κ1) is 13.5. The molecule has 0 radical (unpaired) electrons. The average Bonchev–Trinajstić information content (AvgIpc) is 2.81. The molecule has 0 atom stereocenters. The van der Waals surface area contributed by atoms with Crippen LogP contribution in [0.3, 0.4) is 0 Å². The van der Waals surface area contributed by atoms with Crippen molar-refractivity contribution in [2.24, 2.45) is 0 Å². The molecule has 1 amide bonds. The summed E-state index contributed by atoms with van der Waals surface area (Å²) in [5.74, 6) is 0.719. The number of nitrogens with zero attached hydrogens (tertiary/aromatic N) is 1. The second-order valence-electron chi connectivity index (χ2n) is 3.97. The van der Waals surface area contributed by atoms with E-state index in [1.54, 1.807) is 7.05 Å². The molecule has 2 rings (SSSR count). The fourth-order valence-electron chi connectivity index (χ4n) is 1.73. The molecule has 19 heavy (non-hydrogen) atoms. The van der Waals surface area contributed by atoms with Crippen LogP contribution in [-0.4, -0.2) is 24.5 Å². The summed E-state index contributed by atoms with van der Waals surface area (Å²) in [6.45, 7) is 4.42. The van der Waals surface area contributed by atoms with Crippen LogP contribution in [0.15, 0.2) is 24.3 Å². The molecule has 0 saturated heterocycles. The van der Waals surface area contributed by atoms with Gasteiger partial charge in [-0.3, -0.25) is 4.79 Å². The summed E-state index contributed by atoms with van der Waals surface area (Å²) < 4.78 is 5.47. The van der Waals surface area contributed by atoms with Crippen LogP contribution >= 0.6 is 11.3 Å². The first-order valence-electron chi connectivity index (χ1n) is 6.08. The van der Waals surface area contributed by atoms with Crippen LogP contribution in [0.25, 0.3) is 10.6 Å². The van der Waals surface area contributed by atoms with Crippen LogP contribution in [-0.2, 0) is 0 Å². The van der Waals surface area contributed by atoms with Gasteiger partial charge in [0.1, 0.15) is 15.6 Å². The summed E-state index contributed by atoms with van der Waals surface area (Å²) in [5.41, 5.74) is 1.72. The lowest BCUT2D eigenvalue weighted by Gasteiger charge is -2.03. The largest absolute Gasteiger partial charge is 0.494 e. The highest BCUT2D eigenvalue weighted by Crippen LogP contribution is 2.30. The smallest absolute Gasteiger partial charge is 0.263 e. The second-order valence-corrected chi connectivity index (χ2v) is 4.97. The van der Waals surface area contributed by atoms with Crippen LogP contribution < -0.4 is 10.1 Å². The van der Waals surface area contributed by atoms with Gasteiger partial charge in [-0.05, 0) is 26.0 Å². The molecule has 0 bridgehead atoms. The molecular weight excluding hydrogens is 260 g/mol. The Labute approximate surface area is 116 Å². The molecule has 2 aromatic rings. The Morgan fingerprint density at radius 1 is 1.47 bits per heavy atom. The summed E-state index contributed by atoms with van der Waals surface area (Å²) in [6, 6.07) is 7.74. The first-order chi connectivity index (χ1) is 9.15. The molecule has 1 aromatic heterocycles. The highest BCUT2D eigenvalue weighted by atomic mass is 32.1. The number of thiazole rings is 1. The molecule has 0 saturated carbocycles. The molecule has 100 valence electrons. The fraction of sp³-hybridized carbons (Fsp3) is 0.286. The van der Waals surface area contributed by atoms with E-state index in [0.29, 0.717) is 11.5 Å². The van der Waals surface area contributed by atoms with Crippen LogP contribution in [0.4, 0.5) is 0 Å². The van der Waals surface area contributed by atoms with Crippen LogP contribution in [0, 0.1) is 6.92 Å². The topological polar surface area (TPSA) is 51.2 Å². The molecule has 1 N–H and O–H groups in total. The number of aryl methyl sites for hydroxylation is 1. The van der Waals surface area contributed by atoms with Crippen molar-refractivity contribution < 1.29 is 9.53 Å². The minimum Gasteiger partial charge on any atom is -0.494 e. The zero-order chi connectivity index (χ0) is 13.8. The Bertz CT molecular complexity index is 593. The second kappa shape index (κ2) is 5.84. The molecule has 0 aliphatic rings. The van der Waals surface area contributed by atoms with Crippen molar-refractivity contribution in [3.8, 4) is 16.3 Å². The van der Waals surface area contributed by atoms with Gasteiger partial charge in [0.25, 0.3) is 5.91 Å². The third kappa shape index (κ3) is 2.93. The van der Waals surface area contributed by atoms with Crippen molar-refractivity contribution in [1.82, 2.24) is 10.3 Å². The molecule has 5 heteroatoms. The summed E-state index contributed by atoms with van der Waals surface area (Å²) in [6.07, 6.45) is 0. The van der Waals surface area contributed by atoms with Crippen molar-refractivity contribution >= 4 is 17.2 Å². The standard InChI is InChI=1S/C14H16N2O2S/c1-4-18-11-7-5-6-10(8-11)14-16-9(2)12(19-14)13(17)15-3/h5-8H,4H2,1-3H3,(H,15,17). The van der Waals surface area contributed by atoms with Gasteiger partial charge < -0.3 is 10.1 Å².